The summed E-state index contributed by atoms with van der Waals surface area (Å²) in [6, 6.07) is 1.37. The molecule has 0 saturated carbocycles. The minimum Gasteiger partial charge on any atom is -0.318 e. The summed E-state index contributed by atoms with van der Waals surface area (Å²) in [5.41, 5.74) is 0. The summed E-state index contributed by atoms with van der Waals surface area (Å²) < 4.78 is 0. The van der Waals surface area contributed by atoms with Crippen molar-refractivity contribution in [3.8, 4) is 0 Å². The summed E-state index contributed by atoms with van der Waals surface area (Å²) in [5, 5.41) is 3.26. The van der Waals surface area contributed by atoms with Gasteiger partial charge in [0.05, 0.1) is 0 Å². The Morgan fingerprint density at radius 2 is 1.79 bits per heavy atom. The normalized spacial score (nSPS) is 15.9. The quantitative estimate of drug-likeness (QED) is 0.647. The maximum absolute atomic E-state index is 3.26. The lowest BCUT2D eigenvalue weighted by atomic mass is 10.1. The third kappa shape index (κ3) is 4.97. The molecule has 0 fully saturated rings. The number of nitrogens with one attached hydrogen (secondary N) is 1. The molecule has 0 aromatic rings. The van der Waals surface area contributed by atoms with E-state index in [-0.39, 0.29) is 0 Å². The number of rotatable bonds is 8. The zero-order chi connectivity index (χ0) is 11.0. The monoisotopic (exact) mass is 200 g/mol. The Hall–Kier alpha value is -0.0800. The second-order valence-corrected chi connectivity index (χ2v) is 4.26. The molecule has 0 amide bonds. The maximum atomic E-state index is 3.26. The smallest absolute Gasteiger partial charge is 0.0195 e. The largest absolute Gasteiger partial charge is 0.318 e. The average molecular weight is 200 g/mol. The number of hydrogen-bond acceptors (Lipinski definition) is 2. The van der Waals surface area contributed by atoms with Gasteiger partial charge in [-0.05, 0) is 40.3 Å². The van der Waals surface area contributed by atoms with E-state index in [1.807, 2.05) is 7.05 Å². The van der Waals surface area contributed by atoms with Gasteiger partial charge in [-0.15, -0.1) is 0 Å². The summed E-state index contributed by atoms with van der Waals surface area (Å²) >= 11 is 0. The predicted molar refractivity (Wildman–Crippen MR) is 64.8 cm³/mol. The highest BCUT2D eigenvalue weighted by atomic mass is 15.2. The third-order valence-corrected chi connectivity index (χ3v) is 2.99. The first kappa shape index (κ1) is 13.9. The van der Waals surface area contributed by atoms with Crippen molar-refractivity contribution in [1.82, 2.24) is 10.2 Å². The van der Waals surface area contributed by atoms with Crippen molar-refractivity contribution < 1.29 is 0 Å². The number of hydrogen-bond donors (Lipinski definition) is 1. The molecule has 2 unspecified atom stereocenters. The van der Waals surface area contributed by atoms with Crippen LogP contribution in [0.3, 0.4) is 0 Å². The van der Waals surface area contributed by atoms with E-state index < -0.39 is 0 Å². The van der Waals surface area contributed by atoms with E-state index >= 15 is 0 Å². The van der Waals surface area contributed by atoms with E-state index in [0.29, 0.717) is 12.1 Å². The molecule has 0 aromatic heterocycles. The molecule has 86 valence electrons. The molecule has 2 nitrogen and oxygen atoms in total. The SMILES string of the molecule is CCCCN(C(C)CC)C(C)CNC. The molecule has 0 aliphatic rings. The highest BCUT2D eigenvalue weighted by Crippen LogP contribution is 2.09. The fourth-order valence-corrected chi connectivity index (χ4v) is 1.86. The Labute approximate surface area is 90.1 Å². The molecular weight excluding hydrogens is 172 g/mol. The van der Waals surface area contributed by atoms with Gasteiger partial charge in [0, 0.05) is 18.6 Å². The van der Waals surface area contributed by atoms with Crippen molar-refractivity contribution >= 4 is 0 Å². The topological polar surface area (TPSA) is 15.3 Å². The van der Waals surface area contributed by atoms with Crippen LogP contribution in [0.1, 0.15) is 47.0 Å². The van der Waals surface area contributed by atoms with Crippen LogP contribution in [0.2, 0.25) is 0 Å². The van der Waals surface area contributed by atoms with Crippen molar-refractivity contribution in [3.05, 3.63) is 0 Å². The van der Waals surface area contributed by atoms with Gasteiger partial charge < -0.3 is 5.32 Å². The molecule has 0 aliphatic heterocycles. The number of likely N-dealkylation sites (N-methyl/N-ethyl adjacent to an activating group) is 1. The van der Waals surface area contributed by atoms with Crippen molar-refractivity contribution in [2.45, 2.75) is 59.0 Å². The van der Waals surface area contributed by atoms with Crippen LogP contribution in [-0.4, -0.2) is 37.1 Å². The van der Waals surface area contributed by atoms with Crippen molar-refractivity contribution in [1.29, 1.82) is 0 Å². The second kappa shape index (κ2) is 8.25. The lowest BCUT2D eigenvalue weighted by Crippen LogP contribution is -2.45. The van der Waals surface area contributed by atoms with Crippen molar-refractivity contribution in [2.24, 2.45) is 0 Å². The Morgan fingerprint density at radius 3 is 2.21 bits per heavy atom. The van der Waals surface area contributed by atoms with Gasteiger partial charge in [-0.3, -0.25) is 4.90 Å². The van der Waals surface area contributed by atoms with Gasteiger partial charge in [-0.1, -0.05) is 20.3 Å². The molecule has 2 heteroatoms. The molecule has 14 heavy (non-hydrogen) atoms. The van der Waals surface area contributed by atoms with Crippen molar-refractivity contribution in [2.75, 3.05) is 20.1 Å². The third-order valence-electron chi connectivity index (χ3n) is 2.99. The summed E-state index contributed by atoms with van der Waals surface area (Å²) in [6.45, 7) is 11.5. The summed E-state index contributed by atoms with van der Waals surface area (Å²) in [4.78, 5) is 2.62. The van der Waals surface area contributed by atoms with Gasteiger partial charge in [-0.25, -0.2) is 0 Å². The molecule has 0 saturated heterocycles. The van der Waals surface area contributed by atoms with Crippen LogP contribution in [0.15, 0.2) is 0 Å². The molecular formula is C12H28N2. The Bertz CT molecular complexity index is 125. The van der Waals surface area contributed by atoms with Crippen LogP contribution in [0, 0.1) is 0 Å². The summed E-state index contributed by atoms with van der Waals surface area (Å²) in [5.74, 6) is 0. The van der Waals surface area contributed by atoms with Gasteiger partial charge in [0.1, 0.15) is 0 Å². The van der Waals surface area contributed by atoms with Gasteiger partial charge in [-0.2, -0.15) is 0 Å². The van der Waals surface area contributed by atoms with Crippen molar-refractivity contribution in [3.63, 3.8) is 0 Å². The fraction of sp³-hybridized carbons (Fsp3) is 1.00. The zero-order valence-electron chi connectivity index (χ0n) is 10.6. The predicted octanol–water partition coefficient (Wildman–Crippen LogP) is 2.49. The molecule has 0 heterocycles. The minimum absolute atomic E-state index is 0.654. The van der Waals surface area contributed by atoms with Gasteiger partial charge in [0.25, 0.3) is 0 Å². The van der Waals surface area contributed by atoms with E-state index in [9.17, 15) is 0 Å². The molecule has 0 bridgehead atoms. The molecule has 0 aliphatic carbocycles. The highest BCUT2D eigenvalue weighted by molar-refractivity contribution is 4.74. The minimum atomic E-state index is 0.654. The highest BCUT2D eigenvalue weighted by Gasteiger charge is 2.17. The Kier molecular flexibility index (Phi) is 8.20. The average Bonchev–Trinajstić information content (AvgIpc) is 2.18. The molecule has 0 aromatic carbocycles. The van der Waals surface area contributed by atoms with Gasteiger partial charge >= 0.3 is 0 Å². The van der Waals surface area contributed by atoms with Crippen LogP contribution >= 0.6 is 0 Å². The summed E-state index contributed by atoms with van der Waals surface area (Å²) in [7, 11) is 2.03. The standard InChI is InChI=1S/C12H28N2/c1-6-8-9-14(11(3)7-2)12(4)10-13-5/h11-13H,6-10H2,1-5H3. The van der Waals surface area contributed by atoms with Gasteiger partial charge in [0.15, 0.2) is 0 Å². The molecule has 0 radical (unpaired) electrons. The lowest BCUT2D eigenvalue weighted by Gasteiger charge is -2.34. The number of unbranched alkanes of at least 4 members (excludes halogenated alkanes) is 1. The van der Waals surface area contributed by atoms with E-state index in [1.54, 1.807) is 0 Å². The van der Waals surface area contributed by atoms with Gasteiger partial charge in [0.2, 0.25) is 0 Å². The van der Waals surface area contributed by atoms with Crippen LogP contribution in [0.5, 0.6) is 0 Å². The van der Waals surface area contributed by atoms with E-state index in [0.717, 1.165) is 6.54 Å². The van der Waals surface area contributed by atoms with Crippen LogP contribution < -0.4 is 5.32 Å². The van der Waals surface area contributed by atoms with E-state index in [4.69, 9.17) is 0 Å². The second-order valence-electron chi connectivity index (χ2n) is 4.26. The lowest BCUT2D eigenvalue weighted by molar-refractivity contribution is 0.146. The maximum Gasteiger partial charge on any atom is 0.0195 e. The Morgan fingerprint density at radius 1 is 1.14 bits per heavy atom. The Balaban J connectivity index is 4.07. The first-order chi connectivity index (χ1) is 6.67. The fourth-order valence-electron chi connectivity index (χ4n) is 1.86. The molecule has 0 rings (SSSR count). The molecule has 0 spiro atoms. The summed E-state index contributed by atoms with van der Waals surface area (Å²) in [6.07, 6.45) is 3.86. The van der Waals surface area contributed by atoms with Crippen LogP contribution in [-0.2, 0) is 0 Å². The molecule has 1 N–H and O–H groups in total. The van der Waals surface area contributed by atoms with Crippen LogP contribution in [0.25, 0.3) is 0 Å². The van der Waals surface area contributed by atoms with E-state index in [1.165, 1.54) is 25.8 Å². The molecule has 2 atom stereocenters. The van der Waals surface area contributed by atoms with E-state index in [2.05, 4.69) is 37.9 Å². The first-order valence-corrected chi connectivity index (χ1v) is 6.07. The number of nitrogens with zero attached hydrogens (tertiary/aromatic N) is 1. The first-order valence-electron chi connectivity index (χ1n) is 6.07. The zero-order valence-corrected chi connectivity index (χ0v) is 10.6. The van der Waals surface area contributed by atoms with Crippen LogP contribution in [0.4, 0.5) is 0 Å².